The van der Waals surface area contributed by atoms with Crippen LogP contribution in [0, 0.1) is 5.92 Å². The average molecular weight is 553 g/mol. The molecule has 8 nitrogen and oxygen atoms in total. The van der Waals surface area contributed by atoms with Gasteiger partial charge in [0.1, 0.15) is 6.54 Å². The minimum atomic E-state index is -4.44. The van der Waals surface area contributed by atoms with Crippen LogP contribution in [0.4, 0.5) is 18.9 Å². The molecule has 1 saturated heterocycles. The van der Waals surface area contributed by atoms with Gasteiger partial charge in [-0.25, -0.2) is 0 Å². The number of amides is 1. The number of rotatable bonds is 9. The van der Waals surface area contributed by atoms with Crippen molar-refractivity contribution < 1.29 is 22.5 Å². The summed E-state index contributed by atoms with van der Waals surface area (Å²) >= 11 is 0. The highest BCUT2D eigenvalue weighted by Crippen LogP contribution is 2.35. The lowest BCUT2D eigenvalue weighted by molar-refractivity contribution is -0.139. The number of likely N-dealkylation sites (tertiary alicyclic amines) is 1. The number of alkyl halides is 3. The molecule has 40 heavy (non-hydrogen) atoms. The molecule has 11 heteroatoms. The van der Waals surface area contributed by atoms with E-state index in [9.17, 15) is 18.0 Å². The van der Waals surface area contributed by atoms with Gasteiger partial charge in [0.25, 0.3) is 0 Å². The van der Waals surface area contributed by atoms with Crippen molar-refractivity contribution in [3.05, 3.63) is 66.1 Å². The predicted octanol–water partition coefficient (Wildman–Crippen LogP) is 5.36. The normalized spacial score (nSPS) is 16.9. The topological polar surface area (TPSA) is 88.2 Å². The van der Waals surface area contributed by atoms with E-state index >= 15 is 0 Å². The van der Waals surface area contributed by atoms with Crippen molar-refractivity contribution in [3.8, 4) is 11.5 Å². The number of nitrogens with zero attached hydrogens (tertiary/aromatic N) is 4. The number of piperidine rings is 1. The summed E-state index contributed by atoms with van der Waals surface area (Å²) < 4.78 is 47.4. The summed E-state index contributed by atoms with van der Waals surface area (Å²) in [6, 6.07) is 17.6. The Kier molecular flexibility index (Phi) is 7.22. The summed E-state index contributed by atoms with van der Waals surface area (Å²) in [4.78, 5) is 18.7. The highest BCUT2D eigenvalue weighted by atomic mass is 19.4. The molecule has 0 spiro atoms. The van der Waals surface area contributed by atoms with Crippen molar-refractivity contribution in [1.82, 2.24) is 24.9 Å². The van der Waals surface area contributed by atoms with E-state index in [1.54, 1.807) is 18.2 Å². The Morgan fingerprint density at radius 3 is 2.52 bits per heavy atom. The number of nitrogens with one attached hydrogen (secondary N) is 2. The first-order valence-corrected chi connectivity index (χ1v) is 13.6. The predicted molar refractivity (Wildman–Crippen MR) is 144 cm³/mol. The van der Waals surface area contributed by atoms with E-state index < -0.39 is 12.7 Å². The van der Waals surface area contributed by atoms with E-state index in [0.29, 0.717) is 10.9 Å². The summed E-state index contributed by atoms with van der Waals surface area (Å²) in [7, 11) is 0. The molecule has 1 aliphatic carbocycles. The second-order valence-corrected chi connectivity index (χ2v) is 10.7. The SMILES string of the molecule is O=C(NCc1nc(-c2cc3c(NC4CCN(Cc5ccccc5)CC4)cccc3n2CC(F)(F)F)no1)C1CC1. The van der Waals surface area contributed by atoms with Crippen molar-refractivity contribution >= 4 is 22.5 Å². The van der Waals surface area contributed by atoms with Crippen molar-refractivity contribution in [1.29, 1.82) is 0 Å². The van der Waals surface area contributed by atoms with E-state index in [0.717, 1.165) is 51.0 Å². The molecule has 3 heterocycles. The van der Waals surface area contributed by atoms with Crippen LogP contribution in [-0.2, 0) is 24.4 Å². The van der Waals surface area contributed by atoms with Crippen molar-refractivity contribution in [2.45, 2.75) is 57.5 Å². The van der Waals surface area contributed by atoms with Gasteiger partial charge in [-0.3, -0.25) is 9.69 Å². The number of hydrogen-bond acceptors (Lipinski definition) is 6. The number of hydrogen-bond donors (Lipinski definition) is 2. The Hall–Kier alpha value is -3.86. The molecule has 4 aromatic rings. The maximum atomic E-state index is 13.7. The zero-order valence-corrected chi connectivity index (χ0v) is 22.0. The van der Waals surface area contributed by atoms with Crippen LogP contribution in [0.25, 0.3) is 22.4 Å². The van der Waals surface area contributed by atoms with E-state index in [1.807, 2.05) is 24.3 Å². The molecule has 2 aliphatic rings. The molecule has 2 fully saturated rings. The third kappa shape index (κ3) is 6.14. The monoisotopic (exact) mass is 552 g/mol. The van der Waals surface area contributed by atoms with Crippen molar-refractivity contribution in [2.24, 2.45) is 5.92 Å². The third-order valence-electron chi connectivity index (χ3n) is 7.54. The number of benzene rings is 2. The highest BCUT2D eigenvalue weighted by Gasteiger charge is 2.32. The summed E-state index contributed by atoms with van der Waals surface area (Å²) in [6.45, 7) is 1.63. The van der Waals surface area contributed by atoms with E-state index in [2.05, 4.69) is 37.8 Å². The van der Waals surface area contributed by atoms with Crippen LogP contribution in [0.1, 0.15) is 37.1 Å². The number of carbonyl (C=O) groups excluding carboxylic acids is 1. The Balaban J connectivity index is 1.20. The highest BCUT2D eigenvalue weighted by molar-refractivity contribution is 5.96. The maximum Gasteiger partial charge on any atom is 0.406 e. The summed E-state index contributed by atoms with van der Waals surface area (Å²) in [6.07, 6.45) is -0.857. The van der Waals surface area contributed by atoms with Crippen LogP contribution in [0.2, 0.25) is 0 Å². The van der Waals surface area contributed by atoms with Gasteiger partial charge in [-0.1, -0.05) is 41.6 Å². The third-order valence-corrected chi connectivity index (χ3v) is 7.54. The molecule has 0 bridgehead atoms. The van der Waals surface area contributed by atoms with Gasteiger partial charge in [-0.15, -0.1) is 0 Å². The van der Waals surface area contributed by atoms with Crippen LogP contribution in [0.3, 0.4) is 0 Å². The summed E-state index contributed by atoms with van der Waals surface area (Å²) in [5.41, 5.74) is 2.71. The lowest BCUT2D eigenvalue weighted by Crippen LogP contribution is -2.38. The van der Waals surface area contributed by atoms with Crippen LogP contribution in [0.5, 0.6) is 0 Å². The number of aromatic nitrogens is 3. The van der Waals surface area contributed by atoms with Crippen molar-refractivity contribution in [2.75, 3.05) is 18.4 Å². The van der Waals surface area contributed by atoms with Gasteiger partial charge >= 0.3 is 6.18 Å². The second kappa shape index (κ2) is 11.0. The molecule has 2 aromatic heterocycles. The zero-order chi connectivity index (χ0) is 27.7. The molecule has 0 atom stereocenters. The molecule has 6 rings (SSSR count). The standard InChI is InChI=1S/C29H31F3N6O2/c30-29(31,32)18-38-24-8-4-7-23(34-21-11-13-37(14-12-21)17-19-5-2-1-3-6-19)22(24)15-25(38)27-35-26(40-36-27)16-33-28(39)20-9-10-20/h1-8,15,20-21,34H,9-14,16-18H2,(H,33,39). The fourth-order valence-corrected chi connectivity index (χ4v) is 5.33. The van der Waals surface area contributed by atoms with E-state index in [4.69, 9.17) is 4.52 Å². The van der Waals surface area contributed by atoms with Gasteiger partial charge in [0, 0.05) is 42.7 Å². The van der Waals surface area contributed by atoms with Gasteiger partial charge < -0.3 is 19.7 Å². The summed E-state index contributed by atoms with van der Waals surface area (Å²) in [5.74, 6) is 0.149. The molecular formula is C29H31F3N6O2. The van der Waals surface area contributed by atoms with Gasteiger partial charge in [-0.2, -0.15) is 18.2 Å². The van der Waals surface area contributed by atoms with Gasteiger partial charge in [0.15, 0.2) is 0 Å². The second-order valence-electron chi connectivity index (χ2n) is 10.7. The minimum absolute atomic E-state index is 0.0266. The number of carbonyl (C=O) groups is 1. The van der Waals surface area contributed by atoms with Crippen LogP contribution < -0.4 is 10.6 Å². The molecule has 2 N–H and O–H groups in total. The van der Waals surface area contributed by atoms with E-state index in [1.165, 1.54) is 10.1 Å². The van der Waals surface area contributed by atoms with Crippen LogP contribution >= 0.6 is 0 Å². The van der Waals surface area contributed by atoms with Gasteiger partial charge in [0.05, 0.1) is 17.8 Å². The number of fused-ring (bicyclic) bond motifs is 1. The molecule has 2 aromatic carbocycles. The fraction of sp³-hybridized carbons (Fsp3) is 0.414. The number of halogens is 3. The fourth-order valence-electron chi connectivity index (χ4n) is 5.33. The Morgan fingerprint density at radius 2 is 1.80 bits per heavy atom. The molecule has 1 aliphatic heterocycles. The molecule has 1 saturated carbocycles. The van der Waals surface area contributed by atoms with E-state index in [-0.39, 0.29) is 41.8 Å². The quantitative estimate of drug-likeness (QED) is 0.291. The van der Waals surface area contributed by atoms with Gasteiger partial charge in [-0.05, 0) is 49.4 Å². The largest absolute Gasteiger partial charge is 0.406 e. The summed E-state index contributed by atoms with van der Waals surface area (Å²) in [5, 5.41) is 10.9. The molecule has 0 radical (unpaired) electrons. The average Bonchev–Trinajstić information content (AvgIpc) is 3.59. The Bertz CT molecular complexity index is 1470. The van der Waals surface area contributed by atoms with Crippen LogP contribution in [-0.4, -0.2) is 50.8 Å². The first-order chi connectivity index (χ1) is 19.3. The molecule has 1 amide bonds. The number of anilines is 1. The van der Waals surface area contributed by atoms with Crippen LogP contribution in [0.15, 0.2) is 59.1 Å². The smallest absolute Gasteiger partial charge is 0.382 e. The van der Waals surface area contributed by atoms with Crippen molar-refractivity contribution in [3.63, 3.8) is 0 Å². The minimum Gasteiger partial charge on any atom is -0.382 e. The zero-order valence-electron chi connectivity index (χ0n) is 22.0. The molecular weight excluding hydrogens is 521 g/mol. The Labute approximate surface area is 229 Å². The first-order valence-electron chi connectivity index (χ1n) is 13.6. The molecule has 210 valence electrons. The maximum absolute atomic E-state index is 13.7. The first kappa shape index (κ1) is 26.4. The Morgan fingerprint density at radius 1 is 1.02 bits per heavy atom. The lowest BCUT2D eigenvalue weighted by Gasteiger charge is -2.33. The molecule has 0 unspecified atom stereocenters. The lowest BCUT2D eigenvalue weighted by atomic mass is 10.0. The van der Waals surface area contributed by atoms with Gasteiger partial charge in [0.2, 0.25) is 17.6 Å².